The molecule has 0 radical (unpaired) electrons. The summed E-state index contributed by atoms with van der Waals surface area (Å²) >= 11 is 9.81. The van der Waals surface area contributed by atoms with Crippen LogP contribution in [0, 0.1) is 0 Å². The molecule has 1 aliphatic heterocycles. The summed E-state index contributed by atoms with van der Waals surface area (Å²) in [5.74, 6) is 3.49. The summed E-state index contributed by atoms with van der Waals surface area (Å²) in [4.78, 5) is 11.7. The first-order valence-corrected chi connectivity index (χ1v) is 8.98. The zero-order valence-electron chi connectivity index (χ0n) is 11.1. The maximum atomic E-state index is 6.07. The van der Waals surface area contributed by atoms with Crippen LogP contribution in [0.25, 0.3) is 21.6 Å². The smallest absolute Gasteiger partial charge is 0.172 e. The van der Waals surface area contributed by atoms with E-state index in [1.54, 1.807) is 11.3 Å². The molecule has 0 aliphatic carbocycles. The van der Waals surface area contributed by atoms with Crippen molar-refractivity contribution in [3.63, 3.8) is 0 Å². The van der Waals surface area contributed by atoms with Crippen molar-refractivity contribution in [3.8, 4) is 10.7 Å². The molecule has 106 valence electrons. The number of anilines is 1. The van der Waals surface area contributed by atoms with Crippen molar-refractivity contribution in [2.75, 3.05) is 11.5 Å². The molecule has 0 fully saturated rings. The van der Waals surface area contributed by atoms with Gasteiger partial charge in [0, 0.05) is 21.0 Å². The number of nitrogens with two attached hydrogens (primary N) is 1. The SMILES string of the molecule is Nc1nc(-c2cc3c(s2)CCSC3)nc2cc(Cl)ccc12. The predicted molar refractivity (Wildman–Crippen MR) is 92.1 cm³/mol. The average molecular weight is 334 g/mol. The van der Waals surface area contributed by atoms with Crippen LogP contribution in [0.3, 0.4) is 0 Å². The van der Waals surface area contributed by atoms with Crippen LogP contribution in [-0.2, 0) is 12.2 Å². The van der Waals surface area contributed by atoms with E-state index in [9.17, 15) is 0 Å². The molecule has 0 saturated heterocycles. The first-order valence-electron chi connectivity index (χ1n) is 6.63. The van der Waals surface area contributed by atoms with E-state index in [4.69, 9.17) is 17.3 Å². The predicted octanol–water partition coefficient (Wildman–Crippen LogP) is 4.38. The molecule has 0 bridgehead atoms. The largest absolute Gasteiger partial charge is 0.383 e. The van der Waals surface area contributed by atoms with Gasteiger partial charge >= 0.3 is 0 Å². The van der Waals surface area contributed by atoms with Crippen LogP contribution in [0.1, 0.15) is 10.4 Å². The fraction of sp³-hybridized carbons (Fsp3) is 0.200. The summed E-state index contributed by atoms with van der Waals surface area (Å²) in [6.07, 6.45) is 1.14. The number of nitrogen functional groups attached to an aromatic ring is 1. The third-order valence-corrected chi connectivity index (χ3v) is 6.01. The second-order valence-electron chi connectivity index (χ2n) is 4.96. The van der Waals surface area contributed by atoms with Crippen molar-refractivity contribution in [2.45, 2.75) is 12.2 Å². The Morgan fingerprint density at radius 1 is 1.19 bits per heavy atom. The number of thiophene rings is 1. The van der Waals surface area contributed by atoms with Crippen molar-refractivity contribution in [1.29, 1.82) is 0 Å². The van der Waals surface area contributed by atoms with E-state index in [1.165, 1.54) is 16.2 Å². The lowest BCUT2D eigenvalue weighted by atomic mass is 10.2. The maximum Gasteiger partial charge on any atom is 0.172 e. The monoisotopic (exact) mass is 333 g/mol. The number of nitrogens with zero attached hydrogens (tertiary/aromatic N) is 2. The molecule has 1 aromatic carbocycles. The Morgan fingerprint density at radius 2 is 2.10 bits per heavy atom. The number of aromatic nitrogens is 2. The summed E-state index contributed by atoms with van der Waals surface area (Å²) in [6, 6.07) is 7.72. The Labute approximate surface area is 135 Å². The average Bonchev–Trinajstić information content (AvgIpc) is 2.90. The van der Waals surface area contributed by atoms with Gasteiger partial charge in [0.25, 0.3) is 0 Å². The minimum Gasteiger partial charge on any atom is -0.383 e. The van der Waals surface area contributed by atoms with Gasteiger partial charge in [-0.1, -0.05) is 11.6 Å². The third-order valence-electron chi connectivity index (χ3n) is 3.54. The van der Waals surface area contributed by atoms with Gasteiger partial charge in [0.2, 0.25) is 0 Å². The van der Waals surface area contributed by atoms with E-state index < -0.39 is 0 Å². The molecule has 2 N–H and O–H groups in total. The van der Waals surface area contributed by atoms with Crippen LogP contribution >= 0.6 is 34.7 Å². The van der Waals surface area contributed by atoms with Crippen LogP contribution in [0.2, 0.25) is 5.02 Å². The number of thioether (sulfide) groups is 1. The minimum atomic E-state index is 0.507. The van der Waals surface area contributed by atoms with E-state index in [-0.39, 0.29) is 0 Å². The molecule has 0 spiro atoms. The molecule has 3 nitrogen and oxygen atoms in total. The molecule has 21 heavy (non-hydrogen) atoms. The molecule has 1 aliphatic rings. The lowest BCUT2D eigenvalue weighted by molar-refractivity contribution is 1.13. The summed E-state index contributed by atoms with van der Waals surface area (Å²) in [6.45, 7) is 0. The summed E-state index contributed by atoms with van der Waals surface area (Å²) < 4.78 is 0. The normalized spacial score (nSPS) is 14.3. The molecule has 0 atom stereocenters. The van der Waals surface area contributed by atoms with Crippen LogP contribution in [0.5, 0.6) is 0 Å². The lowest BCUT2D eigenvalue weighted by Gasteiger charge is -2.08. The van der Waals surface area contributed by atoms with Crippen LogP contribution < -0.4 is 5.73 Å². The van der Waals surface area contributed by atoms with Gasteiger partial charge in [-0.2, -0.15) is 11.8 Å². The topological polar surface area (TPSA) is 51.8 Å². The highest BCUT2D eigenvalue weighted by molar-refractivity contribution is 7.98. The standard InChI is InChI=1S/C15H12ClN3S2/c16-9-1-2-10-11(6-9)18-15(19-14(10)17)13-5-8-7-20-4-3-12(8)21-13/h1-2,5-6H,3-4,7H2,(H2,17,18,19). The molecule has 2 aromatic heterocycles. The van der Waals surface area contributed by atoms with Crippen molar-refractivity contribution < 1.29 is 0 Å². The Balaban J connectivity index is 1.88. The number of aryl methyl sites for hydroxylation is 1. The van der Waals surface area contributed by atoms with Gasteiger partial charge in [-0.25, -0.2) is 9.97 Å². The molecule has 0 saturated carbocycles. The number of rotatable bonds is 1. The fourth-order valence-corrected chi connectivity index (χ4v) is 4.97. The number of hydrogen-bond donors (Lipinski definition) is 1. The summed E-state index contributed by atoms with van der Waals surface area (Å²) in [7, 11) is 0. The van der Waals surface area contributed by atoms with Gasteiger partial charge < -0.3 is 5.73 Å². The molecule has 6 heteroatoms. The van der Waals surface area contributed by atoms with E-state index >= 15 is 0 Å². The maximum absolute atomic E-state index is 6.07. The summed E-state index contributed by atoms with van der Waals surface area (Å²) in [5.41, 5.74) is 8.29. The Kier molecular flexibility index (Phi) is 3.28. The lowest BCUT2D eigenvalue weighted by Crippen LogP contribution is -1.97. The number of benzene rings is 1. The van der Waals surface area contributed by atoms with Crippen molar-refractivity contribution in [2.24, 2.45) is 0 Å². The fourth-order valence-electron chi connectivity index (χ4n) is 2.49. The van der Waals surface area contributed by atoms with Crippen molar-refractivity contribution in [1.82, 2.24) is 9.97 Å². The zero-order chi connectivity index (χ0) is 14.4. The van der Waals surface area contributed by atoms with E-state index in [0.29, 0.717) is 16.7 Å². The van der Waals surface area contributed by atoms with Gasteiger partial charge in [0.05, 0.1) is 10.4 Å². The third kappa shape index (κ3) is 2.39. The quantitative estimate of drug-likeness (QED) is 0.717. The van der Waals surface area contributed by atoms with Crippen LogP contribution in [-0.4, -0.2) is 15.7 Å². The second kappa shape index (κ2) is 5.16. The highest BCUT2D eigenvalue weighted by atomic mass is 35.5. The Bertz CT molecular complexity index is 821. The van der Waals surface area contributed by atoms with Gasteiger partial charge in [-0.15, -0.1) is 11.3 Å². The number of hydrogen-bond acceptors (Lipinski definition) is 5. The van der Waals surface area contributed by atoms with E-state index in [0.717, 1.165) is 28.0 Å². The molecule has 3 aromatic rings. The van der Waals surface area contributed by atoms with Crippen LogP contribution in [0.15, 0.2) is 24.3 Å². The molecule has 4 rings (SSSR count). The van der Waals surface area contributed by atoms with Gasteiger partial charge in [-0.05, 0) is 42.0 Å². The van der Waals surface area contributed by atoms with Gasteiger partial charge in [0.15, 0.2) is 5.82 Å². The Hall–Kier alpha value is -1.30. The van der Waals surface area contributed by atoms with Gasteiger partial charge in [-0.3, -0.25) is 0 Å². The molecular weight excluding hydrogens is 322 g/mol. The molecule has 3 heterocycles. The molecule has 0 amide bonds. The minimum absolute atomic E-state index is 0.507. The first kappa shape index (κ1) is 13.4. The summed E-state index contributed by atoms with van der Waals surface area (Å²) in [5, 5.41) is 1.51. The van der Waals surface area contributed by atoms with Crippen molar-refractivity contribution >= 4 is 51.4 Å². The second-order valence-corrected chi connectivity index (χ2v) is 7.63. The zero-order valence-corrected chi connectivity index (χ0v) is 13.5. The number of fused-ring (bicyclic) bond motifs is 2. The molecule has 0 unspecified atom stereocenters. The first-order chi connectivity index (χ1) is 10.2. The van der Waals surface area contributed by atoms with E-state index in [2.05, 4.69) is 16.0 Å². The van der Waals surface area contributed by atoms with Crippen molar-refractivity contribution in [3.05, 3.63) is 39.7 Å². The molecular formula is C15H12ClN3S2. The van der Waals surface area contributed by atoms with Crippen LogP contribution in [0.4, 0.5) is 5.82 Å². The number of halogens is 1. The van der Waals surface area contributed by atoms with E-state index in [1.807, 2.05) is 30.0 Å². The van der Waals surface area contributed by atoms with Gasteiger partial charge in [0.1, 0.15) is 5.82 Å². The highest BCUT2D eigenvalue weighted by Gasteiger charge is 2.17. The highest BCUT2D eigenvalue weighted by Crippen LogP contribution is 2.36. The Morgan fingerprint density at radius 3 is 2.95 bits per heavy atom.